The minimum Gasteiger partial charge on any atom is -0.379 e. The number of hydrogen-bond donors (Lipinski definition) is 3. The van der Waals surface area contributed by atoms with E-state index < -0.39 is 0 Å². The van der Waals surface area contributed by atoms with Crippen LogP contribution >= 0.6 is 0 Å². The number of rotatable bonds is 9. The Hall–Kier alpha value is -2.12. The van der Waals surface area contributed by atoms with Gasteiger partial charge >= 0.3 is 6.03 Å². The standard InChI is InChI=1S/C22H36N4O3/c1-5-17(6-2)20(26-11-13-29-14-12-26)15-23-21(27)18-7-9-19(10-8-18)25-22(28)24-16(3)4/h7-10,16-17,20H,5-6,11-15H2,1-4H3,(H,23,27)(H2,24,25,28). The van der Waals surface area contributed by atoms with Crippen molar-refractivity contribution in [3.63, 3.8) is 0 Å². The van der Waals surface area contributed by atoms with Gasteiger partial charge in [0.05, 0.1) is 13.2 Å². The summed E-state index contributed by atoms with van der Waals surface area (Å²) in [6.45, 7) is 12.2. The van der Waals surface area contributed by atoms with Crippen LogP contribution in [0.3, 0.4) is 0 Å². The molecule has 7 heteroatoms. The summed E-state index contributed by atoms with van der Waals surface area (Å²) in [5, 5.41) is 8.64. The summed E-state index contributed by atoms with van der Waals surface area (Å²) in [7, 11) is 0. The number of carbonyl (C=O) groups is 2. The first kappa shape index (κ1) is 23.2. The summed E-state index contributed by atoms with van der Waals surface area (Å²) in [6.07, 6.45) is 2.18. The van der Waals surface area contributed by atoms with Crippen LogP contribution in [0.5, 0.6) is 0 Å². The van der Waals surface area contributed by atoms with Gasteiger partial charge in [0.2, 0.25) is 0 Å². The number of morpholine rings is 1. The highest BCUT2D eigenvalue weighted by Gasteiger charge is 2.27. The zero-order chi connectivity index (χ0) is 21.2. The summed E-state index contributed by atoms with van der Waals surface area (Å²) < 4.78 is 5.49. The third-order valence-corrected chi connectivity index (χ3v) is 5.40. The molecule has 1 fully saturated rings. The molecule has 1 aromatic rings. The summed E-state index contributed by atoms with van der Waals surface area (Å²) in [5.41, 5.74) is 1.24. The number of anilines is 1. The highest BCUT2D eigenvalue weighted by Crippen LogP contribution is 2.20. The highest BCUT2D eigenvalue weighted by molar-refractivity contribution is 5.95. The number of amides is 3. The molecule has 2 rings (SSSR count). The average Bonchev–Trinajstić information content (AvgIpc) is 2.71. The van der Waals surface area contributed by atoms with Gasteiger partial charge in [-0.15, -0.1) is 0 Å². The van der Waals surface area contributed by atoms with Crippen molar-refractivity contribution in [1.82, 2.24) is 15.5 Å². The summed E-state index contributed by atoms with van der Waals surface area (Å²) in [5.74, 6) is 0.451. The van der Waals surface area contributed by atoms with Crippen LogP contribution in [0.2, 0.25) is 0 Å². The Morgan fingerprint density at radius 1 is 1.07 bits per heavy atom. The maximum Gasteiger partial charge on any atom is 0.319 e. The molecule has 1 heterocycles. The van der Waals surface area contributed by atoms with Gasteiger partial charge in [0.15, 0.2) is 0 Å². The van der Waals surface area contributed by atoms with Gasteiger partial charge in [-0.05, 0) is 44.0 Å². The van der Waals surface area contributed by atoms with Crippen molar-refractivity contribution < 1.29 is 14.3 Å². The topological polar surface area (TPSA) is 82.7 Å². The van der Waals surface area contributed by atoms with Crippen molar-refractivity contribution in [1.29, 1.82) is 0 Å². The number of hydrogen-bond acceptors (Lipinski definition) is 4. The first-order chi connectivity index (χ1) is 13.9. The molecule has 1 saturated heterocycles. The van der Waals surface area contributed by atoms with Crippen molar-refractivity contribution in [2.24, 2.45) is 5.92 Å². The minimum atomic E-state index is -0.254. The summed E-state index contributed by atoms with van der Waals surface area (Å²) in [6, 6.07) is 7.09. The maximum atomic E-state index is 12.7. The van der Waals surface area contributed by atoms with Crippen molar-refractivity contribution in [2.75, 3.05) is 38.2 Å². The summed E-state index contributed by atoms with van der Waals surface area (Å²) in [4.78, 5) is 26.9. The monoisotopic (exact) mass is 404 g/mol. The van der Waals surface area contributed by atoms with Gasteiger partial charge in [-0.3, -0.25) is 9.69 Å². The van der Waals surface area contributed by atoms with Gasteiger partial charge in [0.25, 0.3) is 5.91 Å². The van der Waals surface area contributed by atoms with Gasteiger partial charge in [-0.1, -0.05) is 26.7 Å². The fourth-order valence-electron chi connectivity index (χ4n) is 3.77. The lowest BCUT2D eigenvalue weighted by molar-refractivity contribution is 0.00191. The quantitative estimate of drug-likeness (QED) is 0.591. The van der Waals surface area contributed by atoms with Gasteiger partial charge in [0.1, 0.15) is 0 Å². The van der Waals surface area contributed by atoms with Crippen molar-refractivity contribution in [3.05, 3.63) is 29.8 Å². The molecule has 1 aliphatic heterocycles. The number of benzene rings is 1. The first-order valence-corrected chi connectivity index (χ1v) is 10.7. The van der Waals surface area contributed by atoms with Crippen LogP contribution < -0.4 is 16.0 Å². The molecule has 1 atom stereocenters. The van der Waals surface area contributed by atoms with E-state index in [2.05, 4.69) is 34.7 Å². The van der Waals surface area contributed by atoms with E-state index in [0.717, 1.165) is 39.1 Å². The second kappa shape index (κ2) is 11.8. The van der Waals surface area contributed by atoms with Crippen molar-refractivity contribution in [3.8, 4) is 0 Å². The minimum absolute atomic E-state index is 0.0644. The smallest absolute Gasteiger partial charge is 0.319 e. The van der Waals surface area contributed by atoms with E-state index in [1.165, 1.54) is 0 Å². The Kier molecular flexibility index (Phi) is 9.41. The van der Waals surface area contributed by atoms with Crippen LogP contribution in [0.4, 0.5) is 10.5 Å². The molecule has 1 aliphatic rings. The molecular weight excluding hydrogens is 368 g/mol. The number of ether oxygens (including phenoxy) is 1. The third-order valence-electron chi connectivity index (χ3n) is 5.40. The molecular formula is C22H36N4O3. The lowest BCUT2D eigenvalue weighted by Crippen LogP contribution is -2.52. The Bertz CT molecular complexity index is 638. The van der Waals surface area contributed by atoms with E-state index in [0.29, 0.717) is 29.8 Å². The van der Waals surface area contributed by atoms with Crippen molar-refractivity contribution in [2.45, 2.75) is 52.6 Å². The molecule has 0 radical (unpaired) electrons. The molecule has 0 bridgehead atoms. The third kappa shape index (κ3) is 7.33. The zero-order valence-electron chi connectivity index (χ0n) is 18.2. The van der Waals surface area contributed by atoms with Crippen LogP contribution in [0.15, 0.2) is 24.3 Å². The van der Waals surface area contributed by atoms with E-state index in [1.807, 2.05) is 13.8 Å². The molecule has 29 heavy (non-hydrogen) atoms. The van der Waals surface area contributed by atoms with Gasteiger partial charge in [-0.2, -0.15) is 0 Å². The van der Waals surface area contributed by atoms with Crippen LogP contribution in [0.1, 0.15) is 50.9 Å². The van der Waals surface area contributed by atoms with Crippen LogP contribution in [-0.4, -0.2) is 61.8 Å². The molecule has 0 saturated carbocycles. The Labute approximate surface area is 174 Å². The van der Waals surface area contributed by atoms with Crippen molar-refractivity contribution >= 4 is 17.6 Å². The Balaban J connectivity index is 1.94. The van der Waals surface area contributed by atoms with Gasteiger partial charge in [0, 0.05) is 43.0 Å². The molecule has 3 N–H and O–H groups in total. The normalized spacial score (nSPS) is 15.9. The molecule has 1 unspecified atom stereocenters. The zero-order valence-corrected chi connectivity index (χ0v) is 18.2. The second-order valence-electron chi connectivity index (χ2n) is 7.83. The lowest BCUT2D eigenvalue weighted by Gasteiger charge is -2.38. The number of carbonyl (C=O) groups excluding carboxylic acids is 2. The van der Waals surface area contributed by atoms with Gasteiger partial charge < -0.3 is 20.7 Å². The predicted molar refractivity (Wildman–Crippen MR) is 116 cm³/mol. The molecule has 0 aliphatic carbocycles. The second-order valence-corrected chi connectivity index (χ2v) is 7.83. The molecule has 7 nitrogen and oxygen atoms in total. The fourth-order valence-corrected chi connectivity index (χ4v) is 3.77. The lowest BCUT2D eigenvalue weighted by atomic mass is 9.92. The highest BCUT2D eigenvalue weighted by atomic mass is 16.5. The average molecular weight is 405 g/mol. The van der Waals surface area contributed by atoms with Gasteiger partial charge in [-0.25, -0.2) is 4.79 Å². The first-order valence-electron chi connectivity index (χ1n) is 10.7. The largest absolute Gasteiger partial charge is 0.379 e. The number of urea groups is 1. The number of nitrogens with one attached hydrogen (secondary N) is 3. The van der Waals surface area contributed by atoms with E-state index in [-0.39, 0.29) is 18.0 Å². The molecule has 162 valence electrons. The summed E-state index contributed by atoms with van der Waals surface area (Å²) >= 11 is 0. The van der Waals surface area contributed by atoms with Crippen LogP contribution in [0, 0.1) is 5.92 Å². The Morgan fingerprint density at radius 3 is 2.24 bits per heavy atom. The molecule has 3 amide bonds. The van der Waals surface area contributed by atoms with E-state index in [9.17, 15) is 9.59 Å². The van der Waals surface area contributed by atoms with E-state index in [1.54, 1.807) is 24.3 Å². The molecule has 0 spiro atoms. The Morgan fingerprint density at radius 2 is 1.69 bits per heavy atom. The molecule has 1 aromatic carbocycles. The maximum absolute atomic E-state index is 12.7. The van der Waals surface area contributed by atoms with E-state index >= 15 is 0 Å². The van der Waals surface area contributed by atoms with Crippen LogP contribution in [0.25, 0.3) is 0 Å². The van der Waals surface area contributed by atoms with E-state index in [4.69, 9.17) is 4.74 Å². The molecule has 0 aromatic heterocycles. The predicted octanol–water partition coefficient (Wildman–Crippen LogP) is 3.08. The SMILES string of the molecule is CCC(CC)C(CNC(=O)c1ccc(NC(=O)NC(C)C)cc1)N1CCOCC1. The van der Waals surface area contributed by atoms with Crippen LogP contribution in [-0.2, 0) is 4.74 Å². The number of nitrogens with zero attached hydrogens (tertiary/aromatic N) is 1. The fraction of sp³-hybridized carbons (Fsp3) is 0.636.